The second kappa shape index (κ2) is 7.32. The maximum Gasteiger partial charge on any atom is 0.149 e. The Hall–Kier alpha value is -1.15. The van der Waals surface area contributed by atoms with Crippen LogP contribution in [-0.2, 0) is 17.6 Å². The minimum Gasteiger partial charge on any atom is -0.305 e. The second-order valence-corrected chi connectivity index (χ2v) is 5.07. The molecule has 1 atom stereocenters. The number of benzene rings is 1. The van der Waals surface area contributed by atoms with Crippen molar-refractivity contribution in [1.82, 2.24) is 5.32 Å². The summed E-state index contributed by atoms with van der Waals surface area (Å²) in [6.45, 7) is 8.24. The fourth-order valence-corrected chi connectivity index (χ4v) is 2.06. The first kappa shape index (κ1) is 14.9. The van der Waals surface area contributed by atoms with Crippen LogP contribution in [0.2, 0.25) is 0 Å². The largest absolute Gasteiger partial charge is 0.305 e. The molecule has 1 aromatic rings. The van der Waals surface area contributed by atoms with Crippen molar-refractivity contribution < 1.29 is 4.79 Å². The van der Waals surface area contributed by atoms with E-state index < -0.39 is 0 Å². The number of carbonyl (C=O) groups excluding carboxylic acids is 1. The quantitative estimate of drug-likeness (QED) is 0.802. The Morgan fingerprint density at radius 1 is 1.11 bits per heavy atom. The molecule has 0 amide bonds. The predicted molar refractivity (Wildman–Crippen MR) is 76.9 cm³/mol. The molecule has 0 radical (unpaired) electrons. The zero-order chi connectivity index (χ0) is 13.5. The standard InChI is InChI=1S/C16H25NO/c1-5-13-7-9-14(10-8-13)11-15(16(18)6-2)17-12(3)4/h7-10,12,15,17H,5-6,11H2,1-4H3. The fraction of sp³-hybridized carbons (Fsp3) is 0.562. The van der Waals surface area contributed by atoms with Crippen LogP contribution < -0.4 is 5.32 Å². The fourth-order valence-electron chi connectivity index (χ4n) is 2.06. The molecule has 0 aliphatic carbocycles. The van der Waals surface area contributed by atoms with E-state index in [9.17, 15) is 4.79 Å². The van der Waals surface area contributed by atoms with Gasteiger partial charge in [0.15, 0.2) is 0 Å². The first-order valence-corrected chi connectivity index (χ1v) is 6.93. The maximum atomic E-state index is 11.9. The van der Waals surface area contributed by atoms with Crippen molar-refractivity contribution in [2.75, 3.05) is 0 Å². The van der Waals surface area contributed by atoms with Crippen LogP contribution in [0.4, 0.5) is 0 Å². The highest BCUT2D eigenvalue weighted by Gasteiger charge is 2.17. The molecule has 0 spiro atoms. The average Bonchev–Trinajstić information content (AvgIpc) is 2.37. The molecule has 18 heavy (non-hydrogen) atoms. The normalized spacial score (nSPS) is 12.7. The third-order valence-electron chi connectivity index (χ3n) is 3.14. The molecule has 0 aromatic heterocycles. The van der Waals surface area contributed by atoms with Crippen molar-refractivity contribution >= 4 is 5.78 Å². The van der Waals surface area contributed by atoms with Gasteiger partial charge in [-0.1, -0.05) is 52.0 Å². The molecule has 1 unspecified atom stereocenters. The molecule has 1 N–H and O–H groups in total. The van der Waals surface area contributed by atoms with E-state index in [1.165, 1.54) is 11.1 Å². The van der Waals surface area contributed by atoms with Crippen molar-refractivity contribution in [1.29, 1.82) is 0 Å². The van der Waals surface area contributed by atoms with E-state index in [2.05, 4.69) is 50.4 Å². The van der Waals surface area contributed by atoms with Crippen LogP contribution in [0.25, 0.3) is 0 Å². The van der Waals surface area contributed by atoms with Gasteiger partial charge in [-0.3, -0.25) is 4.79 Å². The lowest BCUT2D eigenvalue weighted by atomic mass is 9.99. The maximum absolute atomic E-state index is 11.9. The SMILES string of the molecule is CCC(=O)C(Cc1ccc(CC)cc1)NC(C)C. The van der Waals surface area contributed by atoms with Crippen LogP contribution in [0.1, 0.15) is 45.2 Å². The number of hydrogen-bond acceptors (Lipinski definition) is 2. The average molecular weight is 247 g/mol. The van der Waals surface area contributed by atoms with E-state index in [4.69, 9.17) is 0 Å². The summed E-state index contributed by atoms with van der Waals surface area (Å²) in [7, 11) is 0. The summed E-state index contributed by atoms with van der Waals surface area (Å²) < 4.78 is 0. The molecule has 0 fully saturated rings. The highest BCUT2D eigenvalue weighted by Crippen LogP contribution is 2.09. The van der Waals surface area contributed by atoms with E-state index >= 15 is 0 Å². The minimum atomic E-state index is -0.0533. The number of rotatable bonds is 7. The molecule has 100 valence electrons. The summed E-state index contributed by atoms with van der Waals surface area (Å²) in [4.78, 5) is 11.9. The summed E-state index contributed by atoms with van der Waals surface area (Å²) >= 11 is 0. The molecule has 2 heteroatoms. The monoisotopic (exact) mass is 247 g/mol. The summed E-state index contributed by atoms with van der Waals surface area (Å²) in [6.07, 6.45) is 2.44. The lowest BCUT2D eigenvalue weighted by Gasteiger charge is -2.20. The molecule has 1 aromatic carbocycles. The number of Topliss-reactive ketones (excluding diaryl/α,β-unsaturated/α-hetero) is 1. The van der Waals surface area contributed by atoms with Gasteiger partial charge in [0, 0.05) is 12.5 Å². The third kappa shape index (κ3) is 4.61. The van der Waals surface area contributed by atoms with E-state index in [1.54, 1.807) is 0 Å². The molecule has 0 aliphatic rings. The number of ketones is 1. The van der Waals surface area contributed by atoms with E-state index in [-0.39, 0.29) is 6.04 Å². The smallest absolute Gasteiger partial charge is 0.149 e. The molecule has 1 rings (SSSR count). The Labute approximate surface area is 111 Å². The lowest BCUT2D eigenvalue weighted by Crippen LogP contribution is -2.42. The lowest BCUT2D eigenvalue weighted by molar-refractivity contribution is -0.120. The van der Waals surface area contributed by atoms with Crippen molar-refractivity contribution in [2.45, 2.75) is 59.0 Å². The topological polar surface area (TPSA) is 29.1 Å². The Morgan fingerprint density at radius 2 is 1.67 bits per heavy atom. The van der Waals surface area contributed by atoms with Gasteiger partial charge in [0.25, 0.3) is 0 Å². The Balaban J connectivity index is 2.72. The van der Waals surface area contributed by atoms with Crippen molar-refractivity contribution in [2.24, 2.45) is 0 Å². The van der Waals surface area contributed by atoms with Gasteiger partial charge < -0.3 is 5.32 Å². The predicted octanol–water partition coefficient (Wildman–Crippen LogP) is 3.14. The van der Waals surface area contributed by atoms with Crippen LogP contribution in [0.15, 0.2) is 24.3 Å². The molecule has 0 saturated heterocycles. The van der Waals surface area contributed by atoms with Gasteiger partial charge in [-0.2, -0.15) is 0 Å². The van der Waals surface area contributed by atoms with Crippen molar-refractivity contribution in [3.05, 3.63) is 35.4 Å². The number of nitrogens with one attached hydrogen (secondary N) is 1. The molecule has 0 saturated carbocycles. The molecular formula is C16H25NO. The summed E-state index contributed by atoms with van der Waals surface area (Å²) in [5, 5.41) is 3.36. The highest BCUT2D eigenvalue weighted by atomic mass is 16.1. The van der Waals surface area contributed by atoms with Crippen LogP contribution in [0.3, 0.4) is 0 Å². The van der Waals surface area contributed by atoms with Gasteiger partial charge in [-0.25, -0.2) is 0 Å². The molecule has 0 aliphatic heterocycles. The van der Waals surface area contributed by atoms with Gasteiger partial charge in [0.2, 0.25) is 0 Å². The first-order chi connectivity index (χ1) is 8.56. The molecule has 2 nitrogen and oxygen atoms in total. The first-order valence-electron chi connectivity index (χ1n) is 6.93. The van der Waals surface area contributed by atoms with Crippen molar-refractivity contribution in [3.63, 3.8) is 0 Å². The van der Waals surface area contributed by atoms with Gasteiger partial charge in [0.05, 0.1) is 6.04 Å². The van der Waals surface area contributed by atoms with Crippen LogP contribution in [0, 0.1) is 0 Å². The summed E-state index contributed by atoms with van der Waals surface area (Å²) in [5.74, 6) is 0.295. The third-order valence-corrected chi connectivity index (χ3v) is 3.14. The Bertz CT molecular complexity index is 367. The highest BCUT2D eigenvalue weighted by molar-refractivity contribution is 5.84. The zero-order valence-corrected chi connectivity index (χ0v) is 12.0. The van der Waals surface area contributed by atoms with Gasteiger partial charge in [-0.05, 0) is 24.0 Å². The van der Waals surface area contributed by atoms with Gasteiger partial charge in [0.1, 0.15) is 5.78 Å². The van der Waals surface area contributed by atoms with Gasteiger partial charge >= 0.3 is 0 Å². The van der Waals surface area contributed by atoms with E-state index in [0.29, 0.717) is 18.2 Å². The van der Waals surface area contributed by atoms with Crippen LogP contribution >= 0.6 is 0 Å². The number of carbonyl (C=O) groups is 1. The van der Waals surface area contributed by atoms with Crippen LogP contribution in [0.5, 0.6) is 0 Å². The summed E-state index contributed by atoms with van der Waals surface area (Å²) in [6, 6.07) is 8.85. The molecule has 0 heterocycles. The number of aryl methyl sites for hydroxylation is 1. The second-order valence-electron chi connectivity index (χ2n) is 5.07. The summed E-state index contributed by atoms with van der Waals surface area (Å²) in [5.41, 5.74) is 2.57. The minimum absolute atomic E-state index is 0.0533. The van der Waals surface area contributed by atoms with E-state index in [1.807, 2.05) is 6.92 Å². The van der Waals surface area contributed by atoms with Crippen molar-refractivity contribution in [3.8, 4) is 0 Å². The van der Waals surface area contributed by atoms with Crippen LogP contribution in [-0.4, -0.2) is 17.9 Å². The van der Waals surface area contributed by atoms with Gasteiger partial charge in [-0.15, -0.1) is 0 Å². The molecular weight excluding hydrogens is 222 g/mol. The molecule has 0 bridgehead atoms. The van der Waals surface area contributed by atoms with E-state index in [0.717, 1.165) is 12.8 Å². The Morgan fingerprint density at radius 3 is 2.11 bits per heavy atom. The Kier molecular flexibility index (Phi) is 6.06. The number of hydrogen-bond donors (Lipinski definition) is 1. The zero-order valence-electron chi connectivity index (χ0n) is 12.0.